The van der Waals surface area contributed by atoms with Crippen molar-refractivity contribution < 1.29 is 19.0 Å². The Morgan fingerprint density at radius 3 is 2.90 bits per heavy atom. The zero-order valence-corrected chi connectivity index (χ0v) is 17.3. The maximum absolute atomic E-state index is 13.0. The predicted octanol–water partition coefficient (Wildman–Crippen LogP) is 3.87. The number of amides is 1. The van der Waals surface area contributed by atoms with E-state index >= 15 is 0 Å². The van der Waals surface area contributed by atoms with Crippen molar-refractivity contribution in [1.29, 1.82) is 0 Å². The molecular weight excluding hydrogens is 394 g/mol. The topological polar surface area (TPSA) is 76.7 Å². The first-order valence-electron chi connectivity index (χ1n) is 10.6. The van der Waals surface area contributed by atoms with Gasteiger partial charge in [-0.25, -0.2) is 0 Å². The molecule has 7 nitrogen and oxygen atoms in total. The standard InChI is InChI=1S/C24H25N3O4/c28-24(21-12-20(25-26-21)19-8-9-22-23(11-19)31-16-30-22)27-10-4-7-18(13-27)15-29-14-17-5-2-1-3-6-17/h1-3,5-6,8-9,11-12,18H,4,7,10,13-16H2,(H,25,26)/t18-/m1/s1. The molecule has 0 spiro atoms. The minimum absolute atomic E-state index is 0.0211. The maximum atomic E-state index is 13.0. The number of nitrogens with zero attached hydrogens (tertiary/aromatic N) is 2. The van der Waals surface area contributed by atoms with E-state index in [1.807, 2.05) is 41.3 Å². The summed E-state index contributed by atoms with van der Waals surface area (Å²) in [6.45, 7) is 2.95. The third-order valence-electron chi connectivity index (χ3n) is 5.75. The van der Waals surface area contributed by atoms with Crippen LogP contribution in [-0.2, 0) is 11.3 Å². The molecule has 2 aromatic carbocycles. The average molecular weight is 419 g/mol. The Bertz CT molecular complexity index is 1050. The summed E-state index contributed by atoms with van der Waals surface area (Å²) in [5, 5.41) is 7.24. The largest absolute Gasteiger partial charge is 0.454 e. The van der Waals surface area contributed by atoms with Crippen LogP contribution >= 0.6 is 0 Å². The molecule has 2 aliphatic heterocycles. The van der Waals surface area contributed by atoms with E-state index in [9.17, 15) is 4.79 Å². The number of benzene rings is 2. The Balaban J connectivity index is 1.19. The zero-order chi connectivity index (χ0) is 21.0. The number of nitrogens with one attached hydrogen (secondary N) is 1. The van der Waals surface area contributed by atoms with Crippen LogP contribution in [0.4, 0.5) is 0 Å². The van der Waals surface area contributed by atoms with Crippen molar-refractivity contribution in [2.45, 2.75) is 19.4 Å². The fourth-order valence-electron chi connectivity index (χ4n) is 4.11. The molecule has 1 fully saturated rings. The second kappa shape index (κ2) is 8.81. The number of likely N-dealkylation sites (tertiary alicyclic amines) is 1. The number of hydrogen-bond acceptors (Lipinski definition) is 5. The second-order valence-electron chi connectivity index (χ2n) is 8.00. The van der Waals surface area contributed by atoms with E-state index in [0.29, 0.717) is 42.8 Å². The van der Waals surface area contributed by atoms with E-state index in [-0.39, 0.29) is 12.7 Å². The fraction of sp³-hybridized carbons (Fsp3) is 0.333. The number of piperidine rings is 1. The molecular formula is C24H25N3O4. The summed E-state index contributed by atoms with van der Waals surface area (Å²) in [4.78, 5) is 14.9. The molecule has 1 atom stereocenters. The summed E-state index contributed by atoms with van der Waals surface area (Å²) in [5.74, 6) is 1.75. The van der Waals surface area contributed by atoms with E-state index in [2.05, 4.69) is 22.3 Å². The molecule has 160 valence electrons. The fourth-order valence-corrected chi connectivity index (χ4v) is 4.11. The van der Waals surface area contributed by atoms with Crippen LogP contribution in [0.5, 0.6) is 11.5 Å². The van der Waals surface area contributed by atoms with Gasteiger partial charge in [0.25, 0.3) is 5.91 Å². The summed E-state index contributed by atoms with van der Waals surface area (Å²) >= 11 is 0. The number of aromatic nitrogens is 2. The van der Waals surface area contributed by atoms with E-state index in [0.717, 1.165) is 30.7 Å². The molecule has 0 radical (unpaired) electrons. The van der Waals surface area contributed by atoms with Gasteiger partial charge in [-0.2, -0.15) is 5.10 Å². The van der Waals surface area contributed by atoms with Crippen LogP contribution in [-0.4, -0.2) is 47.5 Å². The van der Waals surface area contributed by atoms with Crippen LogP contribution in [0, 0.1) is 5.92 Å². The Morgan fingerprint density at radius 2 is 2.00 bits per heavy atom. The number of fused-ring (bicyclic) bond motifs is 1. The van der Waals surface area contributed by atoms with Crippen LogP contribution < -0.4 is 9.47 Å². The van der Waals surface area contributed by atoms with Gasteiger partial charge in [0.2, 0.25) is 6.79 Å². The van der Waals surface area contributed by atoms with Gasteiger partial charge in [0.1, 0.15) is 5.69 Å². The lowest BCUT2D eigenvalue weighted by atomic mass is 9.98. The first-order valence-corrected chi connectivity index (χ1v) is 10.6. The number of H-pyrrole nitrogens is 1. The molecule has 0 unspecified atom stereocenters. The highest BCUT2D eigenvalue weighted by molar-refractivity contribution is 5.93. The Hall–Kier alpha value is -3.32. The van der Waals surface area contributed by atoms with E-state index < -0.39 is 0 Å². The third kappa shape index (κ3) is 4.41. The summed E-state index contributed by atoms with van der Waals surface area (Å²) in [5.41, 5.74) is 3.25. The Morgan fingerprint density at radius 1 is 1.13 bits per heavy atom. The van der Waals surface area contributed by atoms with Crippen LogP contribution in [0.1, 0.15) is 28.9 Å². The first kappa shape index (κ1) is 19.6. The highest BCUT2D eigenvalue weighted by Gasteiger charge is 2.26. The Kier molecular flexibility index (Phi) is 5.58. The molecule has 1 aromatic heterocycles. The number of ether oxygens (including phenoxy) is 3. The molecule has 31 heavy (non-hydrogen) atoms. The molecule has 2 aliphatic rings. The number of aromatic amines is 1. The minimum Gasteiger partial charge on any atom is -0.454 e. The summed E-state index contributed by atoms with van der Waals surface area (Å²) in [7, 11) is 0. The quantitative estimate of drug-likeness (QED) is 0.656. The molecule has 3 aromatic rings. The van der Waals surface area contributed by atoms with Gasteiger partial charge in [0.05, 0.1) is 18.9 Å². The number of rotatable bonds is 6. The van der Waals surface area contributed by atoms with Gasteiger partial charge in [0.15, 0.2) is 11.5 Å². The van der Waals surface area contributed by atoms with Crippen LogP contribution in [0.3, 0.4) is 0 Å². The smallest absolute Gasteiger partial charge is 0.271 e. The lowest BCUT2D eigenvalue weighted by Gasteiger charge is -2.32. The van der Waals surface area contributed by atoms with Gasteiger partial charge in [-0.3, -0.25) is 9.89 Å². The van der Waals surface area contributed by atoms with Gasteiger partial charge in [-0.1, -0.05) is 30.3 Å². The minimum atomic E-state index is -0.0211. The van der Waals surface area contributed by atoms with E-state index in [1.54, 1.807) is 6.07 Å². The van der Waals surface area contributed by atoms with Crippen LogP contribution in [0.2, 0.25) is 0 Å². The molecule has 1 amide bonds. The summed E-state index contributed by atoms with van der Waals surface area (Å²) < 4.78 is 16.7. The van der Waals surface area contributed by atoms with Gasteiger partial charge in [0, 0.05) is 18.7 Å². The number of carbonyl (C=O) groups excluding carboxylic acids is 1. The first-order chi connectivity index (χ1) is 15.3. The van der Waals surface area contributed by atoms with Crippen LogP contribution in [0.15, 0.2) is 54.6 Å². The summed E-state index contributed by atoms with van der Waals surface area (Å²) in [6.07, 6.45) is 2.05. The van der Waals surface area contributed by atoms with Gasteiger partial charge in [-0.05, 0) is 48.6 Å². The van der Waals surface area contributed by atoms with Crippen molar-refractivity contribution in [3.05, 3.63) is 65.9 Å². The molecule has 1 N–H and O–H groups in total. The molecule has 7 heteroatoms. The monoisotopic (exact) mass is 419 g/mol. The van der Waals surface area contributed by atoms with Crippen molar-refractivity contribution in [2.75, 3.05) is 26.5 Å². The summed E-state index contributed by atoms with van der Waals surface area (Å²) in [6, 6.07) is 17.6. The van der Waals surface area contributed by atoms with Crippen molar-refractivity contribution in [3.8, 4) is 22.8 Å². The molecule has 1 saturated heterocycles. The number of hydrogen-bond donors (Lipinski definition) is 1. The van der Waals surface area contributed by atoms with Gasteiger partial charge < -0.3 is 19.1 Å². The average Bonchev–Trinajstić information content (AvgIpc) is 3.49. The molecule has 0 bridgehead atoms. The van der Waals surface area contributed by atoms with Crippen molar-refractivity contribution in [3.63, 3.8) is 0 Å². The van der Waals surface area contributed by atoms with Crippen molar-refractivity contribution in [1.82, 2.24) is 15.1 Å². The lowest BCUT2D eigenvalue weighted by molar-refractivity contribution is 0.0422. The third-order valence-corrected chi connectivity index (χ3v) is 5.75. The lowest BCUT2D eigenvalue weighted by Crippen LogP contribution is -2.41. The molecule has 0 aliphatic carbocycles. The van der Waals surface area contributed by atoms with E-state index in [1.165, 1.54) is 5.56 Å². The second-order valence-corrected chi connectivity index (χ2v) is 8.00. The molecule has 3 heterocycles. The highest BCUT2D eigenvalue weighted by Crippen LogP contribution is 2.35. The SMILES string of the molecule is O=C(c1cc(-c2ccc3c(c2)OCO3)n[nH]1)N1CCC[C@@H](COCc2ccccc2)C1. The number of carbonyl (C=O) groups is 1. The van der Waals surface area contributed by atoms with Crippen molar-refractivity contribution in [2.24, 2.45) is 5.92 Å². The zero-order valence-electron chi connectivity index (χ0n) is 17.3. The molecule has 5 rings (SSSR count). The highest BCUT2D eigenvalue weighted by atomic mass is 16.7. The normalized spacial score (nSPS) is 17.7. The van der Waals surface area contributed by atoms with E-state index in [4.69, 9.17) is 14.2 Å². The van der Waals surface area contributed by atoms with Gasteiger partial charge >= 0.3 is 0 Å². The van der Waals surface area contributed by atoms with Gasteiger partial charge in [-0.15, -0.1) is 0 Å². The Labute approximate surface area is 180 Å². The van der Waals surface area contributed by atoms with Crippen molar-refractivity contribution >= 4 is 5.91 Å². The predicted molar refractivity (Wildman–Crippen MR) is 115 cm³/mol. The maximum Gasteiger partial charge on any atom is 0.271 e. The molecule has 0 saturated carbocycles. The van der Waals surface area contributed by atoms with Crippen LogP contribution in [0.25, 0.3) is 11.3 Å².